The molecular formula is C16H23NO. The van der Waals surface area contributed by atoms with Crippen LogP contribution in [0.4, 0.5) is 0 Å². The Morgan fingerprint density at radius 3 is 2.72 bits per heavy atom. The lowest BCUT2D eigenvalue weighted by atomic mass is 10.1. The molecule has 1 heterocycles. The molecule has 0 unspecified atom stereocenters. The monoisotopic (exact) mass is 245 g/mol. The van der Waals surface area contributed by atoms with E-state index in [0.717, 1.165) is 24.3 Å². The van der Waals surface area contributed by atoms with Gasteiger partial charge in [-0.3, -0.25) is 0 Å². The molecule has 0 aliphatic carbocycles. The highest BCUT2D eigenvalue weighted by Crippen LogP contribution is 2.20. The molecule has 98 valence electrons. The van der Waals surface area contributed by atoms with Crippen molar-refractivity contribution in [3.8, 4) is 0 Å². The average molecular weight is 245 g/mol. The minimum absolute atomic E-state index is 0.538. The summed E-state index contributed by atoms with van der Waals surface area (Å²) in [5.74, 6) is 1.10. The SMILES string of the molecule is CCCN[C@H](CCC)Cc1cc2ccccc2o1. The quantitative estimate of drug-likeness (QED) is 0.793. The van der Waals surface area contributed by atoms with Gasteiger partial charge in [-0.25, -0.2) is 0 Å². The van der Waals surface area contributed by atoms with Crippen molar-refractivity contribution in [3.63, 3.8) is 0 Å². The second-order valence-electron chi connectivity index (χ2n) is 4.89. The van der Waals surface area contributed by atoms with E-state index in [1.807, 2.05) is 12.1 Å². The summed E-state index contributed by atoms with van der Waals surface area (Å²) < 4.78 is 5.88. The Bertz CT molecular complexity index is 442. The van der Waals surface area contributed by atoms with Crippen LogP contribution in [0.25, 0.3) is 11.0 Å². The molecule has 18 heavy (non-hydrogen) atoms. The molecule has 0 bridgehead atoms. The molecule has 1 N–H and O–H groups in total. The predicted molar refractivity (Wildman–Crippen MR) is 76.9 cm³/mol. The topological polar surface area (TPSA) is 25.2 Å². The summed E-state index contributed by atoms with van der Waals surface area (Å²) in [7, 11) is 0. The zero-order valence-electron chi connectivity index (χ0n) is 11.4. The Balaban J connectivity index is 2.05. The molecular weight excluding hydrogens is 222 g/mol. The van der Waals surface area contributed by atoms with Crippen LogP contribution in [0.2, 0.25) is 0 Å². The van der Waals surface area contributed by atoms with Gasteiger partial charge in [0.05, 0.1) is 0 Å². The van der Waals surface area contributed by atoms with Gasteiger partial charge in [0, 0.05) is 17.8 Å². The van der Waals surface area contributed by atoms with E-state index in [-0.39, 0.29) is 0 Å². The second kappa shape index (κ2) is 6.60. The Hall–Kier alpha value is -1.28. The molecule has 0 spiro atoms. The van der Waals surface area contributed by atoms with Crippen LogP contribution >= 0.6 is 0 Å². The normalized spacial score (nSPS) is 13.0. The van der Waals surface area contributed by atoms with E-state index in [1.54, 1.807) is 0 Å². The molecule has 0 fully saturated rings. The van der Waals surface area contributed by atoms with Crippen LogP contribution in [0.15, 0.2) is 34.7 Å². The Morgan fingerprint density at radius 1 is 1.17 bits per heavy atom. The van der Waals surface area contributed by atoms with Crippen LogP contribution in [-0.2, 0) is 6.42 Å². The van der Waals surface area contributed by atoms with E-state index in [9.17, 15) is 0 Å². The number of fused-ring (bicyclic) bond motifs is 1. The molecule has 1 atom stereocenters. The van der Waals surface area contributed by atoms with Gasteiger partial charge in [-0.15, -0.1) is 0 Å². The number of hydrogen-bond donors (Lipinski definition) is 1. The van der Waals surface area contributed by atoms with Gasteiger partial charge in [-0.1, -0.05) is 38.5 Å². The highest BCUT2D eigenvalue weighted by atomic mass is 16.3. The third kappa shape index (κ3) is 3.36. The van der Waals surface area contributed by atoms with Gasteiger partial charge in [-0.2, -0.15) is 0 Å². The third-order valence-electron chi connectivity index (χ3n) is 3.24. The molecule has 2 nitrogen and oxygen atoms in total. The van der Waals surface area contributed by atoms with Crippen LogP contribution in [0, 0.1) is 0 Å². The molecule has 1 aromatic heterocycles. The number of furan rings is 1. The molecule has 0 aliphatic rings. The summed E-state index contributed by atoms with van der Waals surface area (Å²) in [6.07, 6.45) is 4.58. The maximum Gasteiger partial charge on any atom is 0.134 e. The number of nitrogens with one attached hydrogen (secondary N) is 1. The molecule has 2 aromatic rings. The van der Waals surface area contributed by atoms with Gasteiger partial charge < -0.3 is 9.73 Å². The van der Waals surface area contributed by atoms with Gasteiger partial charge in [0.25, 0.3) is 0 Å². The van der Waals surface area contributed by atoms with Crippen molar-refractivity contribution >= 4 is 11.0 Å². The van der Waals surface area contributed by atoms with Gasteiger partial charge in [-0.05, 0) is 31.5 Å². The van der Waals surface area contributed by atoms with E-state index >= 15 is 0 Å². The highest BCUT2D eigenvalue weighted by Gasteiger charge is 2.11. The lowest BCUT2D eigenvalue weighted by Gasteiger charge is -2.16. The van der Waals surface area contributed by atoms with Crippen LogP contribution < -0.4 is 5.32 Å². The molecule has 0 amide bonds. The first-order valence-electron chi connectivity index (χ1n) is 7.04. The van der Waals surface area contributed by atoms with Gasteiger partial charge >= 0.3 is 0 Å². The van der Waals surface area contributed by atoms with E-state index in [1.165, 1.54) is 24.6 Å². The predicted octanol–water partition coefficient (Wildman–Crippen LogP) is 4.14. The zero-order valence-corrected chi connectivity index (χ0v) is 11.4. The minimum atomic E-state index is 0.538. The number of rotatable bonds is 7. The van der Waals surface area contributed by atoms with Gasteiger partial charge in [0.15, 0.2) is 0 Å². The molecule has 0 radical (unpaired) electrons. The summed E-state index contributed by atoms with van der Waals surface area (Å²) in [5.41, 5.74) is 0.998. The first kappa shape index (κ1) is 13.2. The van der Waals surface area contributed by atoms with Crippen molar-refractivity contribution in [2.75, 3.05) is 6.54 Å². The number of para-hydroxylation sites is 1. The molecule has 1 aromatic carbocycles. The average Bonchev–Trinajstić information content (AvgIpc) is 2.78. The Kier molecular flexibility index (Phi) is 4.82. The fourth-order valence-corrected chi connectivity index (χ4v) is 2.35. The fourth-order valence-electron chi connectivity index (χ4n) is 2.35. The zero-order chi connectivity index (χ0) is 12.8. The van der Waals surface area contributed by atoms with Crippen LogP contribution in [-0.4, -0.2) is 12.6 Å². The Morgan fingerprint density at radius 2 is 2.00 bits per heavy atom. The molecule has 0 saturated heterocycles. The van der Waals surface area contributed by atoms with E-state index in [4.69, 9.17) is 4.42 Å². The van der Waals surface area contributed by atoms with Crippen molar-refractivity contribution in [2.45, 2.75) is 45.6 Å². The molecule has 0 aliphatic heterocycles. The van der Waals surface area contributed by atoms with Crippen LogP contribution in [0.1, 0.15) is 38.9 Å². The Labute approximate surface area is 109 Å². The van der Waals surface area contributed by atoms with Gasteiger partial charge in [0.1, 0.15) is 11.3 Å². The highest BCUT2D eigenvalue weighted by molar-refractivity contribution is 5.77. The van der Waals surface area contributed by atoms with Crippen molar-refractivity contribution in [2.24, 2.45) is 0 Å². The molecule has 2 rings (SSSR count). The van der Waals surface area contributed by atoms with Crippen LogP contribution in [0.3, 0.4) is 0 Å². The maximum atomic E-state index is 5.88. The number of hydrogen-bond acceptors (Lipinski definition) is 2. The van der Waals surface area contributed by atoms with Crippen molar-refractivity contribution < 1.29 is 4.42 Å². The summed E-state index contributed by atoms with van der Waals surface area (Å²) >= 11 is 0. The smallest absolute Gasteiger partial charge is 0.134 e. The van der Waals surface area contributed by atoms with E-state index < -0.39 is 0 Å². The first-order chi connectivity index (χ1) is 8.83. The fraction of sp³-hybridized carbons (Fsp3) is 0.500. The maximum absolute atomic E-state index is 5.88. The summed E-state index contributed by atoms with van der Waals surface area (Å²) in [4.78, 5) is 0. The summed E-state index contributed by atoms with van der Waals surface area (Å²) in [6.45, 7) is 5.53. The third-order valence-corrected chi connectivity index (χ3v) is 3.24. The van der Waals surface area contributed by atoms with Crippen molar-refractivity contribution in [1.29, 1.82) is 0 Å². The molecule has 2 heteroatoms. The lowest BCUT2D eigenvalue weighted by Crippen LogP contribution is -2.31. The van der Waals surface area contributed by atoms with E-state index in [2.05, 4.69) is 37.4 Å². The van der Waals surface area contributed by atoms with Crippen molar-refractivity contribution in [1.82, 2.24) is 5.32 Å². The van der Waals surface area contributed by atoms with Crippen LogP contribution in [0.5, 0.6) is 0 Å². The van der Waals surface area contributed by atoms with Crippen molar-refractivity contribution in [3.05, 3.63) is 36.1 Å². The first-order valence-corrected chi connectivity index (χ1v) is 7.04. The largest absolute Gasteiger partial charge is 0.461 e. The number of benzene rings is 1. The lowest BCUT2D eigenvalue weighted by molar-refractivity contribution is 0.432. The summed E-state index contributed by atoms with van der Waals surface area (Å²) in [6, 6.07) is 10.9. The van der Waals surface area contributed by atoms with E-state index in [0.29, 0.717) is 6.04 Å². The second-order valence-corrected chi connectivity index (χ2v) is 4.89. The summed E-state index contributed by atoms with van der Waals surface area (Å²) in [5, 5.41) is 4.81. The standard InChI is InChI=1S/C16H23NO/c1-3-7-14(17-10-4-2)12-15-11-13-8-5-6-9-16(13)18-15/h5-6,8-9,11,14,17H,3-4,7,10,12H2,1-2H3/t14-/m1/s1. The van der Waals surface area contributed by atoms with Gasteiger partial charge in [0.2, 0.25) is 0 Å². The molecule has 0 saturated carbocycles. The minimum Gasteiger partial charge on any atom is -0.461 e.